The van der Waals surface area contributed by atoms with Crippen LogP contribution < -0.4 is 15.4 Å². The van der Waals surface area contributed by atoms with E-state index in [4.69, 9.17) is 21.7 Å². The fourth-order valence-electron chi connectivity index (χ4n) is 2.85. The highest BCUT2D eigenvalue weighted by Crippen LogP contribution is 2.36. The van der Waals surface area contributed by atoms with Gasteiger partial charge in [0.05, 0.1) is 18.2 Å². The van der Waals surface area contributed by atoms with Gasteiger partial charge in [0, 0.05) is 0 Å². The SMILES string of the molecule is CCOC(=O)C1=C(C(F)(F)F)NC(=S)N[C@@H]1c1cccc(Oc2ccccc2)c1. The van der Waals surface area contributed by atoms with Crippen LogP contribution in [0.4, 0.5) is 13.2 Å². The first-order valence-electron chi connectivity index (χ1n) is 8.68. The Labute approximate surface area is 170 Å². The fourth-order valence-corrected chi connectivity index (χ4v) is 3.07. The van der Waals surface area contributed by atoms with Crippen LogP contribution in [0.1, 0.15) is 18.5 Å². The molecule has 0 aliphatic carbocycles. The minimum Gasteiger partial charge on any atom is -0.463 e. The molecular weight excluding hydrogens is 405 g/mol. The number of carbonyl (C=O) groups is 1. The highest BCUT2D eigenvalue weighted by atomic mass is 32.1. The van der Waals surface area contributed by atoms with E-state index < -0.39 is 29.5 Å². The molecule has 0 saturated carbocycles. The molecular formula is C20H17F3N2O3S. The van der Waals surface area contributed by atoms with E-state index in [1.54, 1.807) is 48.5 Å². The van der Waals surface area contributed by atoms with Gasteiger partial charge in [-0.2, -0.15) is 13.2 Å². The molecule has 0 saturated heterocycles. The number of halogens is 3. The Morgan fingerprint density at radius 2 is 1.79 bits per heavy atom. The number of carbonyl (C=O) groups excluding carboxylic acids is 1. The molecule has 3 rings (SSSR count). The summed E-state index contributed by atoms with van der Waals surface area (Å²) in [6.07, 6.45) is -4.81. The topological polar surface area (TPSA) is 59.6 Å². The van der Waals surface area contributed by atoms with Crippen molar-refractivity contribution in [2.75, 3.05) is 6.61 Å². The zero-order valence-electron chi connectivity index (χ0n) is 15.2. The summed E-state index contributed by atoms with van der Waals surface area (Å²) in [4.78, 5) is 12.4. The number of benzene rings is 2. The number of nitrogens with one attached hydrogen (secondary N) is 2. The van der Waals surface area contributed by atoms with Gasteiger partial charge in [0.1, 0.15) is 17.2 Å². The summed E-state index contributed by atoms with van der Waals surface area (Å²) in [7, 11) is 0. The van der Waals surface area contributed by atoms with Crippen molar-refractivity contribution in [3.63, 3.8) is 0 Å². The predicted octanol–water partition coefficient (Wildman–Crippen LogP) is 4.38. The third kappa shape index (κ3) is 4.86. The van der Waals surface area contributed by atoms with E-state index in [9.17, 15) is 18.0 Å². The van der Waals surface area contributed by atoms with Gasteiger partial charge in [-0.05, 0) is 49.0 Å². The van der Waals surface area contributed by atoms with E-state index in [1.165, 1.54) is 6.92 Å². The summed E-state index contributed by atoms with van der Waals surface area (Å²) in [6.45, 7) is 1.45. The molecule has 0 aromatic heterocycles. The van der Waals surface area contributed by atoms with Crippen LogP contribution in [0, 0.1) is 0 Å². The summed E-state index contributed by atoms with van der Waals surface area (Å²) in [5, 5.41) is 4.52. The number of para-hydroxylation sites is 1. The largest absolute Gasteiger partial charge is 0.463 e. The van der Waals surface area contributed by atoms with Crippen LogP contribution in [-0.4, -0.2) is 23.9 Å². The number of rotatable bonds is 5. The van der Waals surface area contributed by atoms with Gasteiger partial charge in [-0.25, -0.2) is 4.79 Å². The van der Waals surface area contributed by atoms with Gasteiger partial charge in [0.15, 0.2) is 5.11 Å². The zero-order valence-corrected chi connectivity index (χ0v) is 16.1. The number of hydrogen-bond acceptors (Lipinski definition) is 4. The van der Waals surface area contributed by atoms with Crippen molar-refractivity contribution in [2.24, 2.45) is 0 Å². The van der Waals surface area contributed by atoms with Crippen molar-refractivity contribution in [1.29, 1.82) is 0 Å². The third-order valence-electron chi connectivity index (χ3n) is 4.02. The smallest absolute Gasteiger partial charge is 0.431 e. The van der Waals surface area contributed by atoms with E-state index in [2.05, 4.69) is 5.32 Å². The number of allylic oxidation sites excluding steroid dienone is 1. The lowest BCUT2D eigenvalue weighted by Crippen LogP contribution is -2.49. The van der Waals surface area contributed by atoms with Crippen molar-refractivity contribution in [2.45, 2.75) is 19.1 Å². The van der Waals surface area contributed by atoms with Crippen LogP contribution in [-0.2, 0) is 9.53 Å². The zero-order chi connectivity index (χ0) is 21.0. The lowest BCUT2D eigenvalue weighted by Gasteiger charge is -2.31. The normalized spacial score (nSPS) is 16.7. The molecule has 0 amide bonds. The molecule has 2 aromatic carbocycles. The van der Waals surface area contributed by atoms with Crippen LogP contribution in [0.5, 0.6) is 11.5 Å². The molecule has 0 fully saturated rings. The number of alkyl halides is 3. The van der Waals surface area contributed by atoms with Gasteiger partial charge in [-0.3, -0.25) is 0 Å². The Kier molecular flexibility index (Phi) is 6.07. The van der Waals surface area contributed by atoms with Gasteiger partial charge < -0.3 is 20.1 Å². The number of ether oxygens (including phenoxy) is 2. The molecule has 9 heteroatoms. The van der Waals surface area contributed by atoms with Crippen molar-refractivity contribution in [3.8, 4) is 11.5 Å². The van der Waals surface area contributed by atoms with Crippen molar-refractivity contribution in [1.82, 2.24) is 10.6 Å². The minimum atomic E-state index is -4.81. The van der Waals surface area contributed by atoms with Crippen LogP contribution in [0.2, 0.25) is 0 Å². The first-order valence-corrected chi connectivity index (χ1v) is 9.09. The maximum Gasteiger partial charge on any atom is 0.431 e. The highest BCUT2D eigenvalue weighted by Gasteiger charge is 2.45. The molecule has 1 aliphatic rings. The molecule has 5 nitrogen and oxygen atoms in total. The molecule has 1 atom stereocenters. The quantitative estimate of drug-likeness (QED) is 0.551. The van der Waals surface area contributed by atoms with Gasteiger partial charge in [0.25, 0.3) is 0 Å². The van der Waals surface area contributed by atoms with Crippen LogP contribution in [0.15, 0.2) is 65.9 Å². The Hall–Kier alpha value is -3.07. The molecule has 1 heterocycles. The molecule has 152 valence electrons. The second-order valence-electron chi connectivity index (χ2n) is 6.03. The summed E-state index contributed by atoms with van der Waals surface area (Å²) in [6, 6.07) is 14.2. The Morgan fingerprint density at radius 3 is 2.45 bits per heavy atom. The van der Waals surface area contributed by atoms with Gasteiger partial charge >= 0.3 is 12.1 Å². The standard InChI is InChI=1S/C20H17F3N2O3S/c1-2-27-18(26)15-16(24-19(29)25-17(15)20(21,22)23)12-7-6-10-14(11-12)28-13-8-4-3-5-9-13/h3-11,16H,2H2,1H3,(H2,24,25,29)/t16-/m1/s1. The van der Waals surface area contributed by atoms with E-state index >= 15 is 0 Å². The molecule has 0 spiro atoms. The maximum absolute atomic E-state index is 13.6. The van der Waals surface area contributed by atoms with Gasteiger partial charge in [0.2, 0.25) is 0 Å². The van der Waals surface area contributed by atoms with Crippen molar-refractivity contribution < 1.29 is 27.4 Å². The average Bonchev–Trinajstić information content (AvgIpc) is 2.68. The molecule has 0 bridgehead atoms. The molecule has 29 heavy (non-hydrogen) atoms. The number of esters is 1. The highest BCUT2D eigenvalue weighted by molar-refractivity contribution is 7.80. The van der Waals surface area contributed by atoms with Gasteiger partial charge in [-0.15, -0.1) is 0 Å². The summed E-state index contributed by atoms with van der Waals surface area (Å²) < 4.78 is 51.4. The van der Waals surface area contributed by atoms with Crippen LogP contribution in [0.25, 0.3) is 0 Å². The molecule has 0 radical (unpaired) electrons. The minimum absolute atomic E-state index is 0.0677. The van der Waals surface area contributed by atoms with E-state index in [0.29, 0.717) is 17.1 Å². The Bertz CT molecular complexity index is 945. The molecule has 1 aliphatic heterocycles. The summed E-state index contributed by atoms with van der Waals surface area (Å²) in [5.74, 6) is -0.117. The Balaban J connectivity index is 2.03. The fraction of sp³-hybridized carbons (Fsp3) is 0.200. The lowest BCUT2D eigenvalue weighted by molar-refractivity contribution is -0.140. The average molecular weight is 422 g/mol. The second-order valence-corrected chi connectivity index (χ2v) is 6.43. The number of hydrogen-bond donors (Lipinski definition) is 2. The predicted molar refractivity (Wildman–Crippen MR) is 104 cm³/mol. The second kappa shape index (κ2) is 8.52. The van der Waals surface area contributed by atoms with E-state index in [1.807, 2.05) is 11.4 Å². The monoisotopic (exact) mass is 422 g/mol. The lowest BCUT2D eigenvalue weighted by atomic mass is 9.95. The first-order chi connectivity index (χ1) is 13.8. The molecule has 0 unspecified atom stereocenters. The summed E-state index contributed by atoms with van der Waals surface area (Å²) in [5.41, 5.74) is -1.46. The number of thiocarbonyl (C=S) groups is 1. The van der Waals surface area contributed by atoms with Crippen LogP contribution in [0.3, 0.4) is 0 Å². The van der Waals surface area contributed by atoms with Crippen molar-refractivity contribution in [3.05, 3.63) is 71.4 Å². The van der Waals surface area contributed by atoms with E-state index in [0.717, 1.165) is 0 Å². The van der Waals surface area contributed by atoms with Crippen LogP contribution >= 0.6 is 12.2 Å². The Morgan fingerprint density at radius 1 is 1.10 bits per heavy atom. The van der Waals surface area contributed by atoms with Gasteiger partial charge in [-0.1, -0.05) is 30.3 Å². The molecule has 2 N–H and O–H groups in total. The summed E-state index contributed by atoms with van der Waals surface area (Å²) >= 11 is 4.93. The first kappa shape index (κ1) is 20.7. The third-order valence-corrected chi connectivity index (χ3v) is 4.24. The molecule has 2 aromatic rings. The van der Waals surface area contributed by atoms with Crippen molar-refractivity contribution >= 4 is 23.3 Å². The maximum atomic E-state index is 13.6. The van der Waals surface area contributed by atoms with E-state index in [-0.39, 0.29) is 11.7 Å².